The monoisotopic (exact) mass is 448 g/mol. The van der Waals surface area contributed by atoms with E-state index in [1.165, 1.54) is 0 Å². The van der Waals surface area contributed by atoms with Crippen molar-refractivity contribution in [3.63, 3.8) is 0 Å². The van der Waals surface area contributed by atoms with E-state index < -0.39 is 0 Å². The molecule has 130 valence electrons. The maximum atomic E-state index is 12.7. The molecule has 0 unspecified atom stereocenters. The van der Waals surface area contributed by atoms with Crippen molar-refractivity contribution in [2.24, 2.45) is 0 Å². The van der Waals surface area contributed by atoms with Crippen LogP contribution in [0.5, 0.6) is 0 Å². The fraction of sp³-hybridized carbons (Fsp3) is 0.300. The first-order valence-electron chi connectivity index (χ1n) is 8.45. The summed E-state index contributed by atoms with van der Waals surface area (Å²) in [5.41, 5.74) is 2.51. The molecule has 4 nitrogen and oxygen atoms in total. The van der Waals surface area contributed by atoms with Crippen molar-refractivity contribution in [2.45, 2.75) is 13.3 Å². The minimum Gasteiger partial charge on any atom is -0.337 e. The lowest BCUT2D eigenvalue weighted by Gasteiger charge is -2.22. The van der Waals surface area contributed by atoms with E-state index in [9.17, 15) is 9.59 Å². The predicted octanol–water partition coefficient (Wildman–Crippen LogP) is 3.59. The van der Waals surface area contributed by atoms with Gasteiger partial charge in [-0.15, -0.1) is 0 Å². The molecule has 0 saturated carbocycles. The molecule has 1 aliphatic rings. The first-order chi connectivity index (χ1) is 12.0. The lowest BCUT2D eigenvalue weighted by atomic mass is 10.1. The van der Waals surface area contributed by atoms with Crippen LogP contribution in [0.4, 0.5) is 0 Å². The first-order valence-corrected chi connectivity index (χ1v) is 9.53. The number of hydrogen-bond donors (Lipinski definition) is 0. The molecular formula is C20H21IN2O2. The van der Waals surface area contributed by atoms with E-state index in [-0.39, 0.29) is 11.8 Å². The molecule has 0 bridgehead atoms. The summed E-state index contributed by atoms with van der Waals surface area (Å²) in [6.07, 6.45) is 0.799. The van der Waals surface area contributed by atoms with Crippen molar-refractivity contribution in [1.82, 2.24) is 9.80 Å². The van der Waals surface area contributed by atoms with E-state index in [1.54, 1.807) is 0 Å². The van der Waals surface area contributed by atoms with Gasteiger partial charge in [0.2, 0.25) is 0 Å². The third kappa shape index (κ3) is 4.39. The summed E-state index contributed by atoms with van der Waals surface area (Å²) in [6, 6.07) is 15.3. The minimum absolute atomic E-state index is 0.0448. The van der Waals surface area contributed by atoms with Crippen LogP contribution < -0.4 is 0 Å². The van der Waals surface area contributed by atoms with Crippen molar-refractivity contribution in [2.75, 3.05) is 26.2 Å². The molecule has 3 rings (SSSR count). The lowest BCUT2D eigenvalue weighted by molar-refractivity contribution is 0.0718. The van der Waals surface area contributed by atoms with Gasteiger partial charge >= 0.3 is 0 Å². The van der Waals surface area contributed by atoms with Crippen LogP contribution in [0.15, 0.2) is 48.5 Å². The van der Waals surface area contributed by atoms with E-state index in [1.807, 2.05) is 65.3 Å². The number of carbonyl (C=O) groups is 2. The zero-order chi connectivity index (χ0) is 17.8. The maximum absolute atomic E-state index is 12.7. The summed E-state index contributed by atoms with van der Waals surface area (Å²) in [4.78, 5) is 29.1. The molecule has 2 aromatic rings. The molecule has 1 saturated heterocycles. The Hall–Kier alpha value is -1.89. The highest BCUT2D eigenvalue weighted by atomic mass is 127. The van der Waals surface area contributed by atoms with Gasteiger partial charge in [-0.3, -0.25) is 9.59 Å². The fourth-order valence-corrected chi connectivity index (χ4v) is 3.63. The number of nitrogens with zero attached hydrogens (tertiary/aromatic N) is 2. The van der Waals surface area contributed by atoms with E-state index in [4.69, 9.17) is 0 Å². The van der Waals surface area contributed by atoms with E-state index in [0.717, 1.165) is 21.1 Å². The zero-order valence-electron chi connectivity index (χ0n) is 14.2. The molecule has 25 heavy (non-hydrogen) atoms. The molecule has 1 heterocycles. The summed E-state index contributed by atoms with van der Waals surface area (Å²) in [5, 5.41) is 0. The van der Waals surface area contributed by atoms with Crippen molar-refractivity contribution < 1.29 is 9.59 Å². The van der Waals surface area contributed by atoms with E-state index in [2.05, 4.69) is 22.6 Å². The number of rotatable bonds is 2. The molecule has 5 heteroatoms. The van der Waals surface area contributed by atoms with E-state index in [0.29, 0.717) is 31.7 Å². The number of amides is 2. The average Bonchev–Trinajstić information content (AvgIpc) is 2.86. The summed E-state index contributed by atoms with van der Waals surface area (Å²) >= 11 is 2.21. The molecule has 0 spiro atoms. The number of aryl methyl sites for hydroxylation is 1. The normalized spacial score (nSPS) is 15.0. The second-order valence-corrected chi connectivity index (χ2v) is 7.56. The van der Waals surface area contributed by atoms with Crippen molar-refractivity contribution in [3.8, 4) is 0 Å². The van der Waals surface area contributed by atoms with Gasteiger partial charge in [-0.05, 0) is 66.3 Å². The van der Waals surface area contributed by atoms with Crippen molar-refractivity contribution in [3.05, 3.63) is 68.8 Å². The summed E-state index contributed by atoms with van der Waals surface area (Å²) in [7, 11) is 0. The van der Waals surface area contributed by atoms with Gasteiger partial charge in [0.25, 0.3) is 11.8 Å². The molecule has 0 aromatic heterocycles. The van der Waals surface area contributed by atoms with Gasteiger partial charge in [0, 0.05) is 40.9 Å². The molecule has 1 fully saturated rings. The Morgan fingerprint density at radius 2 is 1.40 bits per heavy atom. The fourth-order valence-electron chi connectivity index (χ4n) is 3.09. The number of benzene rings is 2. The van der Waals surface area contributed by atoms with Crippen LogP contribution in [0.3, 0.4) is 0 Å². The van der Waals surface area contributed by atoms with Crippen LogP contribution in [-0.4, -0.2) is 47.8 Å². The van der Waals surface area contributed by atoms with E-state index >= 15 is 0 Å². The highest BCUT2D eigenvalue weighted by molar-refractivity contribution is 14.1. The second-order valence-electron chi connectivity index (χ2n) is 6.32. The van der Waals surface area contributed by atoms with Crippen LogP contribution in [0.1, 0.15) is 32.7 Å². The van der Waals surface area contributed by atoms with Crippen LogP contribution >= 0.6 is 22.6 Å². The Kier molecular flexibility index (Phi) is 5.73. The largest absolute Gasteiger partial charge is 0.337 e. The molecule has 0 N–H and O–H groups in total. The molecule has 2 amide bonds. The predicted molar refractivity (Wildman–Crippen MR) is 107 cm³/mol. The zero-order valence-corrected chi connectivity index (χ0v) is 16.4. The standard InChI is InChI=1S/C20H21IN2O2/c1-15-5-2-6-16(13-15)19(24)22-9-4-10-23(12-11-22)20(25)17-7-3-8-18(21)14-17/h2-3,5-8,13-14H,4,9-12H2,1H3. The van der Waals surface area contributed by atoms with Gasteiger partial charge < -0.3 is 9.80 Å². The maximum Gasteiger partial charge on any atom is 0.253 e. The summed E-state index contributed by atoms with van der Waals surface area (Å²) in [6.45, 7) is 4.50. The Bertz CT molecular complexity index is 725. The topological polar surface area (TPSA) is 40.6 Å². The number of carbonyl (C=O) groups excluding carboxylic acids is 2. The Labute approximate surface area is 162 Å². The van der Waals surface area contributed by atoms with Crippen molar-refractivity contribution in [1.29, 1.82) is 0 Å². The van der Waals surface area contributed by atoms with Gasteiger partial charge in [0.15, 0.2) is 0 Å². The number of halogens is 1. The third-order valence-corrected chi connectivity index (χ3v) is 5.08. The first kappa shape index (κ1) is 17.9. The van der Waals surface area contributed by atoms with Crippen LogP contribution in [0.2, 0.25) is 0 Å². The smallest absolute Gasteiger partial charge is 0.253 e. The highest BCUT2D eigenvalue weighted by Gasteiger charge is 2.23. The molecule has 2 aromatic carbocycles. The van der Waals surface area contributed by atoms with Crippen LogP contribution in [-0.2, 0) is 0 Å². The summed E-state index contributed by atoms with van der Waals surface area (Å²) in [5.74, 6) is 0.0932. The molecule has 0 radical (unpaired) electrons. The molecule has 0 aliphatic carbocycles. The van der Waals surface area contributed by atoms with Crippen LogP contribution in [0.25, 0.3) is 0 Å². The third-order valence-electron chi connectivity index (χ3n) is 4.41. The van der Waals surface area contributed by atoms with Gasteiger partial charge in [0.1, 0.15) is 0 Å². The van der Waals surface area contributed by atoms with Gasteiger partial charge in [-0.1, -0.05) is 23.8 Å². The van der Waals surface area contributed by atoms with Crippen LogP contribution in [0, 0.1) is 10.5 Å². The SMILES string of the molecule is Cc1cccc(C(=O)N2CCCN(C(=O)c3cccc(I)c3)CC2)c1. The molecule has 0 atom stereocenters. The highest BCUT2D eigenvalue weighted by Crippen LogP contribution is 2.14. The Balaban J connectivity index is 1.68. The number of hydrogen-bond acceptors (Lipinski definition) is 2. The quantitative estimate of drug-likeness (QED) is 0.660. The molecular weight excluding hydrogens is 427 g/mol. The Morgan fingerprint density at radius 3 is 1.96 bits per heavy atom. The summed E-state index contributed by atoms with van der Waals surface area (Å²) < 4.78 is 1.05. The van der Waals surface area contributed by atoms with Gasteiger partial charge in [-0.2, -0.15) is 0 Å². The average molecular weight is 448 g/mol. The van der Waals surface area contributed by atoms with Gasteiger partial charge in [-0.25, -0.2) is 0 Å². The van der Waals surface area contributed by atoms with Gasteiger partial charge in [0.05, 0.1) is 0 Å². The van der Waals surface area contributed by atoms with Crippen molar-refractivity contribution >= 4 is 34.4 Å². The lowest BCUT2D eigenvalue weighted by Crippen LogP contribution is -2.37. The minimum atomic E-state index is 0.0448. The molecule has 1 aliphatic heterocycles. The second kappa shape index (κ2) is 7.99. The Morgan fingerprint density at radius 1 is 0.840 bits per heavy atom.